The lowest BCUT2D eigenvalue weighted by molar-refractivity contribution is 0.109. The van der Waals surface area contributed by atoms with Crippen LogP contribution in [0.5, 0.6) is 0 Å². The molecule has 0 unspecified atom stereocenters. The van der Waals surface area contributed by atoms with Gasteiger partial charge in [-0.2, -0.15) is 0 Å². The lowest BCUT2D eigenvalue weighted by Gasteiger charge is -2.38. The van der Waals surface area contributed by atoms with E-state index in [1.165, 1.54) is 6.42 Å². The molecule has 1 saturated heterocycles. The Morgan fingerprint density at radius 2 is 1.73 bits per heavy atom. The Hall–Kier alpha value is -0.645. The minimum atomic E-state index is -3.34. The van der Waals surface area contributed by atoms with Gasteiger partial charge in [0.2, 0.25) is 10.0 Å². The van der Waals surface area contributed by atoms with Crippen LogP contribution in [0.1, 0.15) is 98.8 Å². The molecule has 1 aliphatic heterocycles. The quantitative estimate of drug-likeness (QED) is 0.200. The minimum absolute atomic E-state index is 0.0853. The van der Waals surface area contributed by atoms with Crippen molar-refractivity contribution in [3.63, 3.8) is 0 Å². The number of allylic oxidation sites excluding steroid dienone is 1. The number of unbranched alkanes of at least 4 members (excludes halogenated alkanes) is 4. The van der Waals surface area contributed by atoms with E-state index in [-0.39, 0.29) is 23.8 Å². The number of hydrogen-bond donors (Lipinski definition) is 0. The first-order chi connectivity index (χ1) is 14.2. The first kappa shape index (κ1) is 24.0. The van der Waals surface area contributed by atoms with Crippen molar-refractivity contribution >= 4 is 16.9 Å². The van der Waals surface area contributed by atoms with Crippen molar-refractivity contribution in [3.8, 4) is 0 Å². The standard InChI is InChI=1S/C24H44BNO3S/c1-6-9-12-13-22(29-25(16-10-7-2)17-11-8-3)26-21-18-20-14-15-24(21,23(20,4)5)19-30(26,27)28/h13,20-21H,6-12,14-19H2,1-5H3/b22-13-/t20-,21-,24-/m1/s1. The van der Waals surface area contributed by atoms with E-state index in [2.05, 4.69) is 40.7 Å². The summed E-state index contributed by atoms with van der Waals surface area (Å²) in [7, 11) is -3.34. The van der Waals surface area contributed by atoms with E-state index in [9.17, 15) is 8.42 Å². The molecule has 2 bridgehead atoms. The van der Waals surface area contributed by atoms with Gasteiger partial charge in [0.25, 0.3) is 0 Å². The van der Waals surface area contributed by atoms with Gasteiger partial charge in [-0.25, -0.2) is 12.7 Å². The van der Waals surface area contributed by atoms with Gasteiger partial charge < -0.3 is 4.65 Å². The van der Waals surface area contributed by atoms with Gasteiger partial charge in [0, 0.05) is 5.41 Å². The van der Waals surface area contributed by atoms with Crippen LogP contribution in [0, 0.1) is 16.7 Å². The monoisotopic (exact) mass is 437 g/mol. The number of rotatable bonds is 12. The Kier molecular flexibility index (Phi) is 7.57. The van der Waals surface area contributed by atoms with Crippen LogP contribution in [0.3, 0.4) is 0 Å². The molecule has 0 radical (unpaired) electrons. The predicted octanol–water partition coefficient (Wildman–Crippen LogP) is 6.47. The second-order valence-corrected chi connectivity index (χ2v) is 12.5. The third-order valence-electron chi connectivity index (χ3n) is 8.55. The average Bonchev–Trinajstić information content (AvgIpc) is 3.17. The van der Waals surface area contributed by atoms with E-state index in [1.54, 1.807) is 4.31 Å². The molecule has 172 valence electrons. The highest BCUT2D eigenvalue weighted by molar-refractivity contribution is 7.89. The summed E-state index contributed by atoms with van der Waals surface area (Å²) < 4.78 is 35.5. The van der Waals surface area contributed by atoms with Gasteiger partial charge in [-0.15, -0.1) is 0 Å². The highest BCUT2D eigenvalue weighted by atomic mass is 32.2. The second-order valence-electron chi connectivity index (χ2n) is 10.6. The summed E-state index contributed by atoms with van der Waals surface area (Å²) in [6.45, 7) is 11.4. The van der Waals surface area contributed by atoms with Gasteiger partial charge >= 0.3 is 6.92 Å². The van der Waals surface area contributed by atoms with E-state index in [0.29, 0.717) is 17.6 Å². The first-order valence-corrected chi connectivity index (χ1v) is 14.2. The molecule has 2 aliphatic carbocycles. The van der Waals surface area contributed by atoms with E-state index in [4.69, 9.17) is 4.65 Å². The summed E-state index contributed by atoms with van der Waals surface area (Å²) in [5, 5.41) is 0. The molecule has 30 heavy (non-hydrogen) atoms. The second kappa shape index (κ2) is 9.46. The molecule has 3 aliphatic rings. The highest BCUT2D eigenvalue weighted by Gasteiger charge is 2.72. The van der Waals surface area contributed by atoms with Gasteiger partial charge in [0.1, 0.15) is 0 Å². The van der Waals surface area contributed by atoms with E-state index in [0.717, 1.165) is 70.4 Å². The van der Waals surface area contributed by atoms with Gasteiger partial charge in [0.15, 0.2) is 5.88 Å². The fourth-order valence-corrected chi connectivity index (χ4v) is 9.06. The summed E-state index contributed by atoms with van der Waals surface area (Å²) >= 11 is 0. The lowest BCUT2D eigenvalue weighted by atomic mass is 9.59. The summed E-state index contributed by atoms with van der Waals surface area (Å²) in [4.78, 5) is 0. The van der Waals surface area contributed by atoms with Crippen molar-refractivity contribution in [1.82, 2.24) is 4.31 Å². The molecular weight excluding hydrogens is 393 g/mol. The van der Waals surface area contributed by atoms with Gasteiger partial charge in [-0.05, 0) is 62.2 Å². The molecule has 0 aromatic rings. The van der Waals surface area contributed by atoms with E-state index in [1.807, 2.05) is 0 Å². The Labute approximate surface area is 186 Å². The SMILES string of the molecule is CCCC/C=C(\OB(CCCC)CCCC)N1[C@@H]2C[C@H]3CC[C@]2(CS1(=O)=O)C3(C)C. The maximum absolute atomic E-state index is 13.5. The summed E-state index contributed by atoms with van der Waals surface area (Å²) in [6.07, 6.45) is 15.0. The zero-order valence-electron chi connectivity index (χ0n) is 20.1. The van der Waals surface area contributed by atoms with Crippen LogP contribution >= 0.6 is 0 Å². The van der Waals surface area contributed by atoms with Crippen LogP contribution in [0.4, 0.5) is 0 Å². The first-order valence-electron chi connectivity index (χ1n) is 12.6. The Morgan fingerprint density at radius 3 is 2.30 bits per heavy atom. The molecule has 2 saturated carbocycles. The molecular formula is C24H44BNO3S. The van der Waals surface area contributed by atoms with Crippen molar-refractivity contribution in [3.05, 3.63) is 12.0 Å². The summed E-state index contributed by atoms with van der Waals surface area (Å²) in [6, 6.07) is 0.0853. The molecule has 4 nitrogen and oxygen atoms in total. The van der Waals surface area contributed by atoms with Crippen LogP contribution in [0.15, 0.2) is 12.0 Å². The fraction of sp³-hybridized carbons (Fsp3) is 0.917. The van der Waals surface area contributed by atoms with Gasteiger partial charge in [-0.3, -0.25) is 0 Å². The molecule has 1 heterocycles. The molecule has 3 rings (SSSR count). The Balaban J connectivity index is 1.90. The van der Waals surface area contributed by atoms with Crippen LogP contribution < -0.4 is 0 Å². The van der Waals surface area contributed by atoms with E-state index >= 15 is 0 Å². The molecule has 6 heteroatoms. The minimum Gasteiger partial charge on any atom is -0.549 e. The topological polar surface area (TPSA) is 46.6 Å². The molecule has 3 fully saturated rings. The van der Waals surface area contributed by atoms with Crippen molar-refractivity contribution in [1.29, 1.82) is 0 Å². The largest absolute Gasteiger partial charge is 0.549 e. The normalized spacial score (nSPS) is 31.2. The van der Waals surface area contributed by atoms with Crippen LogP contribution in [0.2, 0.25) is 12.6 Å². The summed E-state index contributed by atoms with van der Waals surface area (Å²) in [5.74, 6) is 1.59. The fourth-order valence-electron chi connectivity index (χ4n) is 6.50. The number of hydrogen-bond acceptors (Lipinski definition) is 3. The molecule has 0 N–H and O–H groups in total. The third-order valence-corrected chi connectivity index (χ3v) is 10.5. The maximum Gasteiger partial charge on any atom is 0.359 e. The third kappa shape index (κ3) is 4.19. The van der Waals surface area contributed by atoms with Crippen LogP contribution in [-0.2, 0) is 14.7 Å². The number of nitrogens with zero attached hydrogens (tertiary/aromatic N) is 1. The van der Waals surface area contributed by atoms with Crippen molar-refractivity contribution in [2.24, 2.45) is 16.7 Å². The molecule has 0 amide bonds. The van der Waals surface area contributed by atoms with Gasteiger partial charge in [0.05, 0.1) is 11.8 Å². The lowest BCUT2D eigenvalue weighted by Crippen LogP contribution is -2.42. The summed E-state index contributed by atoms with van der Waals surface area (Å²) in [5.41, 5.74) is -0.0100. The van der Waals surface area contributed by atoms with Crippen LogP contribution in [0.25, 0.3) is 0 Å². The zero-order valence-corrected chi connectivity index (χ0v) is 20.9. The smallest absolute Gasteiger partial charge is 0.359 e. The van der Waals surface area contributed by atoms with Crippen molar-refractivity contribution in [2.75, 3.05) is 5.75 Å². The number of sulfonamides is 1. The predicted molar refractivity (Wildman–Crippen MR) is 127 cm³/mol. The zero-order chi connectivity index (χ0) is 22.0. The molecule has 0 aromatic heterocycles. The Morgan fingerprint density at radius 1 is 1.10 bits per heavy atom. The maximum atomic E-state index is 13.5. The highest BCUT2D eigenvalue weighted by Crippen LogP contribution is 2.70. The molecule has 1 spiro atoms. The van der Waals surface area contributed by atoms with Gasteiger partial charge in [-0.1, -0.05) is 66.7 Å². The Bertz CT molecular complexity index is 712. The average molecular weight is 437 g/mol. The van der Waals surface area contributed by atoms with Crippen LogP contribution in [-0.4, -0.2) is 31.4 Å². The molecule has 0 aromatic carbocycles. The number of fused-ring (bicyclic) bond motifs is 1. The molecule has 3 atom stereocenters. The van der Waals surface area contributed by atoms with Crippen molar-refractivity contribution < 1.29 is 13.1 Å². The van der Waals surface area contributed by atoms with E-state index < -0.39 is 10.0 Å². The van der Waals surface area contributed by atoms with Crippen molar-refractivity contribution in [2.45, 2.75) is 118 Å².